The molecular weight excluding hydrogens is 612 g/mol. The standard InChI is InChI=1S/C11H13ClO5S2.C11H14N4O5S/c1-4-7-5-9(18(2,14)15)10(19(3,16)17)6-8(7)11(12)13;1-3-6-4-9(21(2,19)20)8(15(17)18)5-7(6)10(16)14-11(12)13/h5-6H,4H2,1-3H3;4-5H,3H2,1-2H3,(H4,12,13,14,16). The van der Waals surface area contributed by atoms with E-state index in [1.54, 1.807) is 13.8 Å². The smallest absolute Gasteiger partial charge is 0.288 e. The Balaban J connectivity index is 0.000000402. The quantitative estimate of drug-likeness (QED) is 0.137. The Morgan fingerprint density at radius 3 is 1.55 bits per heavy atom. The van der Waals surface area contributed by atoms with Gasteiger partial charge in [0.2, 0.25) is 0 Å². The number of sulfone groups is 3. The van der Waals surface area contributed by atoms with Crippen LogP contribution in [0, 0.1) is 10.1 Å². The highest BCUT2D eigenvalue weighted by molar-refractivity contribution is 7.93. The van der Waals surface area contributed by atoms with E-state index in [1.807, 2.05) is 0 Å². The van der Waals surface area contributed by atoms with Crippen LogP contribution in [0.3, 0.4) is 0 Å². The first-order valence-corrected chi connectivity index (χ1v) is 17.0. The minimum Gasteiger partial charge on any atom is -0.370 e. The van der Waals surface area contributed by atoms with E-state index in [1.165, 1.54) is 6.07 Å². The Labute approximate surface area is 236 Å². The van der Waals surface area contributed by atoms with Gasteiger partial charge in [0.25, 0.3) is 16.8 Å². The Hall–Kier alpha value is -3.41. The van der Waals surface area contributed by atoms with Crippen LogP contribution in [-0.4, -0.2) is 66.1 Å². The van der Waals surface area contributed by atoms with Crippen molar-refractivity contribution in [2.24, 2.45) is 16.5 Å². The van der Waals surface area contributed by atoms with Crippen LogP contribution in [0.2, 0.25) is 0 Å². The summed E-state index contributed by atoms with van der Waals surface area (Å²) in [6.07, 6.45) is 3.29. The predicted molar refractivity (Wildman–Crippen MR) is 148 cm³/mol. The number of rotatable bonds is 8. The molecule has 0 atom stereocenters. The number of benzene rings is 2. The lowest BCUT2D eigenvalue weighted by Crippen LogP contribution is -2.24. The summed E-state index contributed by atoms with van der Waals surface area (Å²) in [5, 5.41) is 10.2. The molecule has 0 aliphatic carbocycles. The Morgan fingerprint density at radius 2 is 1.20 bits per heavy atom. The number of carbonyl (C=O) groups excluding carboxylic acids is 2. The first kappa shape index (κ1) is 34.6. The number of guanidine groups is 1. The second-order valence-electron chi connectivity index (χ2n) is 8.33. The van der Waals surface area contributed by atoms with Crippen LogP contribution >= 0.6 is 11.6 Å². The molecule has 2 aromatic carbocycles. The van der Waals surface area contributed by atoms with Gasteiger partial charge in [0.15, 0.2) is 35.5 Å². The Morgan fingerprint density at radius 1 is 0.800 bits per heavy atom. The van der Waals surface area contributed by atoms with Gasteiger partial charge in [0.1, 0.15) is 4.90 Å². The fourth-order valence-corrected chi connectivity index (χ4v) is 6.87. The number of halogens is 1. The molecule has 220 valence electrons. The first-order valence-electron chi connectivity index (χ1n) is 11.0. The minimum absolute atomic E-state index is 0.0111. The second kappa shape index (κ2) is 12.8. The van der Waals surface area contributed by atoms with Crippen molar-refractivity contribution < 1.29 is 39.8 Å². The van der Waals surface area contributed by atoms with Gasteiger partial charge in [0, 0.05) is 30.4 Å². The fraction of sp³-hybridized carbons (Fsp3) is 0.318. The fourth-order valence-electron chi connectivity index (χ4n) is 3.38. The number of hydrogen-bond acceptors (Lipinski definition) is 10. The van der Waals surface area contributed by atoms with Crippen LogP contribution in [0.15, 0.2) is 43.9 Å². The average molecular weight is 639 g/mol. The highest BCUT2D eigenvalue weighted by Crippen LogP contribution is 2.29. The minimum atomic E-state index is -3.81. The van der Waals surface area contributed by atoms with Gasteiger partial charge in [-0.2, -0.15) is 4.99 Å². The number of nitrogens with zero attached hydrogens (tertiary/aromatic N) is 2. The molecule has 0 radical (unpaired) electrons. The van der Waals surface area contributed by atoms with Gasteiger partial charge in [-0.25, -0.2) is 25.3 Å². The summed E-state index contributed by atoms with van der Waals surface area (Å²) in [5.74, 6) is -1.35. The topological polar surface area (TPSA) is 244 Å². The molecule has 4 N–H and O–H groups in total. The first-order chi connectivity index (χ1) is 18.1. The summed E-state index contributed by atoms with van der Waals surface area (Å²) < 4.78 is 69.9. The molecule has 0 heterocycles. The van der Waals surface area contributed by atoms with E-state index < -0.39 is 67.0 Å². The summed E-state index contributed by atoms with van der Waals surface area (Å²) in [6, 6.07) is 4.20. The number of amides is 1. The van der Waals surface area contributed by atoms with E-state index in [0.29, 0.717) is 17.5 Å². The number of nitro groups is 1. The Kier molecular flexibility index (Phi) is 11.1. The molecule has 0 bridgehead atoms. The summed E-state index contributed by atoms with van der Waals surface area (Å²) in [5.41, 5.74) is 10.1. The van der Waals surface area contributed by atoms with E-state index in [4.69, 9.17) is 23.1 Å². The lowest BCUT2D eigenvalue weighted by atomic mass is 10.0. The van der Waals surface area contributed by atoms with Crippen molar-refractivity contribution in [3.05, 3.63) is 56.6 Å². The zero-order valence-electron chi connectivity index (χ0n) is 22.0. The van der Waals surface area contributed by atoms with Crippen LogP contribution in [-0.2, 0) is 42.4 Å². The van der Waals surface area contributed by atoms with Crippen molar-refractivity contribution in [3.63, 3.8) is 0 Å². The van der Waals surface area contributed by atoms with Crippen LogP contribution in [0.4, 0.5) is 5.69 Å². The number of aliphatic imine (C=N–C) groups is 1. The van der Waals surface area contributed by atoms with Crippen LogP contribution in [0.1, 0.15) is 45.7 Å². The summed E-state index contributed by atoms with van der Waals surface area (Å²) in [7, 11) is -11.3. The van der Waals surface area contributed by atoms with Gasteiger partial charge in [-0.15, -0.1) is 0 Å². The number of hydrogen-bond donors (Lipinski definition) is 2. The molecule has 0 aliphatic rings. The second-order valence-corrected chi connectivity index (χ2v) is 14.6. The molecule has 0 aromatic heterocycles. The van der Waals surface area contributed by atoms with Crippen molar-refractivity contribution >= 4 is 63.9 Å². The molecule has 0 spiro atoms. The maximum Gasteiger partial charge on any atom is 0.288 e. The number of aryl methyl sites for hydroxylation is 2. The predicted octanol–water partition coefficient (Wildman–Crippen LogP) is 1.41. The lowest BCUT2D eigenvalue weighted by Gasteiger charge is -2.11. The molecular formula is C22H27ClN4O10S3. The summed E-state index contributed by atoms with van der Waals surface area (Å²) >= 11 is 5.39. The normalized spacial score (nSPS) is 11.7. The van der Waals surface area contributed by atoms with Crippen molar-refractivity contribution in [1.82, 2.24) is 0 Å². The molecule has 0 saturated heterocycles. The van der Waals surface area contributed by atoms with Crippen molar-refractivity contribution in [2.75, 3.05) is 18.8 Å². The monoisotopic (exact) mass is 638 g/mol. The maximum absolute atomic E-state index is 11.9. The van der Waals surface area contributed by atoms with E-state index in [9.17, 15) is 45.0 Å². The van der Waals surface area contributed by atoms with Crippen molar-refractivity contribution in [2.45, 2.75) is 41.4 Å². The third kappa shape index (κ3) is 8.80. The van der Waals surface area contributed by atoms with E-state index in [2.05, 4.69) is 4.99 Å². The van der Waals surface area contributed by atoms with E-state index in [-0.39, 0.29) is 22.4 Å². The Bertz CT molecular complexity index is 1730. The highest BCUT2D eigenvalue weighted by atomic mass is 35.5. The summed E-state index contributed by atoms with van der Waals surface area (Å²) in [6.45, 7) is 3.38. The van der Waals surface area contributed by atoms with Crippen molar-refractivity contribution in [3.8, 4) is 0 Å². The molecule has 0 unspecified atom stereocenters. The van der Waals surface area contributed by atoms with Crippen LogP contribution < -0.4 is 11.5 Å². The van der Waals surface area contributed by atoms with Gasteiger partial charge in [-0.1, -0.05) is 13.8 Å². The highest BCUT2D eigenvalue weighted by Gasteiger charge is 2.27. The molecule has 2 rings (SSSR count). The zero-order chi connectivity index (χ0) is 31.4. The van der Waals surface area contributed by atoms with Gasteiger partial charge < -0.3 is 11.5 Å². The number of carbonyl (C=O) groups is 2. The van der Waals surface area contributed by atoms with Gasteiger partial charge in [-0.3, -0.25) is 19.7 Å². The molecule has 0 aliphatic heterocycles. The summed E-state index contributed by atoms with van der Waals surface area (Å²) in [4.78, 5) is 35.4. The molecule has 0 saturated carbocycles. The zero-order valence-corrected chi connectivity index (χ0v) is 25.2. The molecule has 14 nitrogen and oxygen atoms in total. The lowest BCUT2D eigenvalue weighted by molar-refractivity contribution is -0.387. The third-order valence-electron chi connectivity index (χ3n) is 5.18. The number of nitro benzene ring substituents is 1. The largest absolute Gasteiger partial charge is 0.370 e. The molecule has 2 aromatic rings. The molecule has 0 fully saturated rings. The third-order valence-corrected chi connectivity index (χ3v) is 8.92. The van der Waals surface area contributed by atoms with Crippen LogP contribution in [0.5, 0.6) is 0 Å². The SMILES string of the molecule is CCc1cc(S(C)(=O)=O)c(S(C)(=O)=O)cc1C(=O)Cl.CCc1cc(S(C)(=O)=O)c([N+](=O)[O-])cc1C(=O)N=C(N)N. The van der Waals surface area contributed by atoms with E-state index in [0.717, 1.165) is 37.0 Å². The van der Waals surface area contributed by atoms with Gasteiger partial charge >= 0.3 is 0 Å². The van der Waals surface area contributed by atoms with Crippen molar-refractivity contribution in [1.29, 1.82) is 0 Å². The molecule has 40 heavy (non-hydrogen) atoms. The van der Waals surface area contributed by atoms with Crippen LogP contribution in [0.25, 0.3) is 0 Å². The van der Waals surface area contributed by atoms with Gasteiger partial charge in [-0.05, 0) is 53.8 Å². The average Bonchev–Trinajstić information content (AvgIpc) is 2.80. The molecule has 1 amide bonds. The van der Waals surface area contributed by atoms with E-state index >= 15 is 0 Å². The molecule has 18 heteroatoms. The van der Waals surface area contributed by atoms with Gasteiger partial charge in [0.05, 0.1) is 20.3 Å². The number of nitrogens with two attached hydrogens (primary N) is 2. The maximum atomic E-state index is 11.9.